The molecule has 1 aromatic rings. The van der Waals surface area contributed by atoms with Crippen LogP contribution in [0.15, 0.2) is 18.2 Å². The highest BCUT2D eigenvalue weighted by atomic mass is 35.5. The van der Waals surface area contributed by atoms with Gasteiger partial charge in [-0.3, -0.25) is 0 Å². The molecule has 3 nitrogen and oxygen atoms in total. The van der Waals surface area contributed by atoms with E-state index in [1.807, 2.05) is 44.9 Å². The Morgan fingerprint density at radius 2 is 2.00 bits per heavy atom. The zero-order valence-electron chi connectivity index (χ0n) is 11.0. The summed E-state index contributed by atoms with van der Waals surface area (Å²) in [5.41, 5.74) is 7.47. The maximum atomic E-state index is 5.95. The number of rotatable bonds is 4. The molecule has 0 bridgehead atoms. The van der Waals surface area contributed by atoms with Gasteiger partial charge in [0.15, 0.2) is 0 Å². The lowest BCUT2D eigenvalue weighted by Gasteiger charge is -2.25. The molecule has 2 N–H and O–H groups in total. The first-order valence-electron chi connectivity index (χ1n) is 5.70. The van der Waals surface area contributed by atoms with Crippen molar-refractivity contribution in [2.24, 2.45) is 0 Å². The number of benzene rings is 1. The molecule has 96 valence electrons. The molecule has 1 aromatic carbocycles. The molecule has 0 heterocycles. The monoisotopic (exact) mass is 256 g/mol. The van der Waals surface area contributed by atoms with Gasteiger partial charge in [0.05, 0.1) is 23.6 Å². The summed E-state index contributed by atoms with van der Waals surface area (Å²) < 4.78 is 5.68. The van der Waals surface area contributed by atoms with Crippen molar-refractivity contribution in [1.29, 1.82) is 0 Å². The fourth-order valence-electron chi connectivity index (χ4n) is 1.46. The third-order valence-corrected chi connectivity index (χ3v) is 2.60. The summed E-state index contributed by atoms with van der Waals surface area (Å²) >= 11 is 5.95. The van der Waals surface area contributed by atoms with E-state index < -0.39 is 0 Å². The second-order valence-electron chi connectivity index (χ2n) is 5.09. The topological polar surface area (TPSA) is 38.5 Å². The standard InChI is InChI=1S/C13H21ClN2O/c1-13(2,3)17-8-7-16(4)12-9-10(14)5-6-11(12)15/h5-6,9H,7-8,15H2,1-4H3. The molecule has 0 fully saturated rings. The lowest BCUT2D eigenvalue weighted by Crippen LogP contribution is -2.28. The highest BCUT2D eigenvalue weighted by Gasteiger charge is 2.11. The molecule has 0 aromatic heterocycles. The van der Waals surface area contributed by atoms with E-state index in [9.17, 15) is 0 Å². The highest BCUT2D eigenvalue weighted by molar-refractivity contribution is 6.31. The van der Waals surface area contributed by atoms with Crippen LogP contribution in [-0.2, 0) is 4.74 Å². The van der Waals surface area contributed by atoms with E-state index >= 15 is 0 Å². The zero-order chi connectivity index (χ0) is 13.1. The fourth-order valence-corrected chi connectivity index (χ4v) is 1.62. The van der Waals surface area contributed by atoms with Gasteiger partial charge in [0.1, 0.15) is 0 Å². The molecule has 0 amide bonds. The number of halogens is 1. The van der Waals surface area contributed by atoms with E-state index in [1.165, 1.54) is 0 Å². The number of hydrogen-bond acceptors (Lipinski definition) is 3. The number of anilines is 2. The molecular weight excluding hydrogens is 236 g/mol. The van der Waals surface area contributed by atoms with Crippen molar-refractivity contribution in [3.63, 3.8) is 0 Å². The molecule has 0 saturated heterocycles. The van der Waals surface area contributed by atoms with Crippen molar-refractivity contribution in [1.82, 2.24) is 0 Å². The molecule has 17 heavy (non-hydrogen) atoms. The van der Waals surface area contributed by atoms with Crippen LogP contribution in [0.4, 0.5) is 11.4 Å². The smallest absolute Gasteiger partial charge is 0.0648 e. The van der Waals surface area contributed by atoms with Crippen molar-refractivity contribution in [3.8, 4) is 0 Å². The Morgan fingerprint density at radius 3 is 2.59 bits per heavy atom. The molecule has 0 spiro atoms. The van der Waals surface area contributed by atoms with E-state index in [0.29, 0.717) is 11.6 Å². The van der Waals surface area contributed by atoms with E-state index in [4.69, 9.17) is 22.1 Å². The third kappa shape index (κ3) is 4.84. The normalized spacial score (nSPS) is 11.6. The van der Waals surface area contributed by atoms with Crippen LogP contribution < -0.4 is 10.6 Å². The minimum Gasteiger partial charge on any atom is -0.397 e. The fraction of sp³-hybridized carbons (Fsp3) is 0.538. The summed E-state index contributed by atoms with van der Waals surface area (Å²) in [5.74, 6) is 0. The van der Waals surface area contributed by atoms with Crippen LogP contribution in [0.5, 0.6) is 0 Å². The summed E-state index contributed by atoms with van der Waals surface area (Å²) in [5, 5.41) is 0.692. The summed E-state index contributed by atoms with van der Waals surface area (Å²) in [6, 6.07) is 5.48. The van der Waals surface area contributed by atoms with Crippen LogP contribution >= 0.6 is 11.6 Å². The van der Waals surface area contributed by atoms with Crippen LogP contribution in [0.1, 0.15) is 20.8 Å². The van der Waals surface area contributed by atoms with E-state index in [-0.39, 0.29) is 5.60 Å². The number of likely N-dealkylation sites (N-methyl/N-ethyl adjacent to an activating group) is 1. The highest BCUT2D eigenvalue weighted by Crippen LogP contribution is 2.25. The number of nitrogen functional groups attached to an aromatic ring is 1. The Hall–Kier alpha value is -0.930. The Kier molecular flexibility index (Phi) is 4.66. The molecule has 4 heteroatoms. The van der Waals surface area contributed by atoms with E-state index in [2.05, 4.69) is 0 Å². The maximum Gasteiger partial charge on any atom is 0.0648 e. The van der Waals surface area contributed by atoms with E-state index in [1.54, 1.807) is 6.07 Å². The van der Waals surface area contributed by atoms with Crippen molar-refractivity contribution in [3.05, 3.63) is 23.2 Å². The first kappa shape index (κ1) is 14.1. The molecule has 0 saturated carbocycles. The van der Waals surface area contributed by atoms with Gasteiger partial charge in [-0.1, -0.05) is 11.6 Å². The predicted molar refractivity (Wildman–Crippen MR) is 74.8 cm³/mol. The lowest BCUT2D eigenvalue weighted by atomic mass is 10.2. The molecular formula is C13H21ClN2O. The second-order valence-corrected chi connectivity index (χ2v) is 5.52. The van der Waals surface area contributed by atoms with Gasteiger partial charge in [0.25, 0.3) is 0 Å². The van der Waals surface area contributed by atoms with Gasteiger partial charge in [0, 0.05) is 18.6 Å². The molecule has 0 radical (unpaired) electrons. The Balaban J connectivity index is 2.58. The summed E-state index contributed by atoms with van der Waals surface area (Å²) in [4.78, 5) is 2.05. The summed E-state index contributed by atoms with van der Waals surface area (Å²) in [7, 11) is 1.98. The van der Waals surface area contributed by atoms with E-state index in [0.717, 1.165) is 17.9 Å². The molecule has 0 atom stereocenters. The van der Waals surface area contributed by atoms with Gasteiger partial charge < -0.3 is 15.4 Å². The average Bonchev–Trinajstić information content (AvgIpc) is 2.19. The van der Waals surface area contributed by atoms with Crippen molar-refractivity contribution in [2.45, 2.75) is 26.4 Å². The zero-order valence-corrected chi connectivity index (χ0v) is 11.7. The van der Waals surface area contributed by atoms with Crippen LogP contribution in [-0.4, -0.2) is 25.8 Å². The van der Waals surface area contributed by atoms with Crippen LogP contribution in [0.3, 0.4) is 0 Å². The van der Waals surface area contributed by atoms with Gasteiger partial charge >= 0.3 is 0 Å². The third-order valence-electron chi connectivity index (χ3n) is 2.37. The molecule has 0 aliphatic rings. The molecule has 0 aliphatic carbocycles. The van der Waals surface area contributed by atoms with Gasteiger partial charge in [-0.05, 0) is 39.0 Å². The van der Waals surface area contributed by atoms with Crippen molar-refractivity contribution < 1.29 is 4.74 Å². The largest absolute Gasteiger partial charge is 0.397 e. The number of nitrogens with two attached hydrogens (primary N) is 1. The predicted octanol–water partition coefficient (Wildman–Crippen LogP) is 3.17. The minimum absolute atomic E-state index is 0.110. The summed E-state index contributed by atoms with van der Waals surface area (Å²) in [6.45, 7) is 7.57. The van der Waals surface area contributed by atoms with Gasteiger partial charge in [0.2, 0.25) is 0 Å². The van der Waals surface area contributed by atoms with Gasteiger partial charge in [-0.25, -0.2) is 0 Å². The lowest BCUT2D eigenvalue weighted by molar-refractivity contribution is 0.00169. The van der Waals surface area contributed by atoms with Crippen molar-refractivity contribution in [2.75, 3.05) is 30.8 Å². The Labute approximate surface area is 109 Å². The SMILES string of the molecule is CN(CCOC(C)(C)C)c1cc(Cl)ccc1N. The first-order valence-corrected chi connectivity index (χ1v) is 6.07. The van der Waals surface area contributed by atoms with Gasteiger partial charge in [-0.2, -0.15) is 0 Å². The quantitative estimate of drug-likeness (QED) is 0.841. The van der Waals surface area contributed by atoms with Gasteiger partial charge in [-0.15, -0.1) is 0 Å². The molecule has 1 rings (SSSR count). The second kappa shape index (κ2) is 5.61. The number of hydrogen-bond donors (Lipinski definition) is 1. The van der Waals surface area contributed by atoms with Crippen LogP contribution in [0.2, 0.25) is 5.02 Å². The Bertz CT molecular complexity index is 374. The average molecular weight is 257 g/mol. The molecule has 0 aliphatic heterocycles. The summed E-state index contributed by atoms with van der Waals surface area (Å²) in [6.07, 6.45) is 0. The van der Waals surface area contributed by atoms with Crippen LogP contribution in [0.25, 0.3) is 0 Å². The number of nitrogens with zero attached hydrogens (tertiary/aromatic N) is 1. The Morgan fingerprint density at radius 1 is 1.35 bits per heavy atom. The van der Waals surface area contributed by atoms with Crippen LogP contribution in [0, 0.1) is 0 Å². The number of ether oxygens (including phenoxy) is 1. The molecule has 0 unspecified atom stereocenters. The first-order chi connectivity index (χ1) is 7.79. The van der Waals surface area contributed by atoms with Crippen molar-refractivity contribution >= 4 is 23.0 Å². The minimum atomic E-state index is -0.110. The maximum absolute atomic E-state index is 5.95.